The summed E-state index contributed by atoms with van der Waals surface area (Å²) in [5, 5.41) is 3.88. The summed E-state index contributed by atoms with van der Waals surface area (Å²) in [5.41, 5.74) is 1.26. The van der Waals surface area contributed by atoms with Crippen molar-refractivity contribution in [3.05, 3.63) is 67.4 Å². The number of nitrogens with zero attached hydrogens (tertiary/aromatic N) is 1. The van der Waals surface area contributed by atoms with Crippen LogP contribution in [-0.4, -0.2) is 0 Å². The van der Waals surface area contributed by atoms with Crippen LogP contribution in [0.2, 0.25) is 0 Å². The molecule has 2 aromatic carbocycles. The van der Waals surface area contributed by atoms with E-state index >= 15 is 0 Å². The molecule has 1 nitrogen and oxygen atoms in total. The van der Waals surface area contributed by atoms with Gasteiger partial charge in [-0.15, -0.1) is 0 Å². The highest BCUT2D eigenvalue weighted by Gasteiger charge is 2.10. The van der Waals surface area contributed by atoms with Crippen molar-refractivity contribution < 1.29 is 4.57 Å². The van der Waals surface area contributed by atoms with E-state index in [1.165, 1.54) is 21.7 Å². The van der Waals surface area contributed by atoms with Crippen LogP contribution in [0.5, 0.6) is 0 Å². The molecule has 3 rings (SSSR count). The molecule has 0 bridgehead atoms. The second-order valence-electron chi connectivity index (χ2n) is 4.17. The van der Waals surface area contributed by atoms with Crippen LogP contribution in [-0.2, 0) is 6.54 Å². The maximum Gasteiger partial charge on any atom is 0.213 e. The Kier molecular flexibility index (Phi) is 2.37. The van der Waals surface area contributed by atoms with E-state index in [9.17, 15) is 0 Å². The lowest BCUT2D eigenvalue weighted by atomic mass is 10.1. The summed E-state index contributed by atoms with van der Waals surface area (Å²) >= 11 is 0. The first-order valence-corrected chi connectivity index (χ1v) is 5.81. The van der Waals surface area contributed by atoms with Gasteiger partial charge in [0.15, 0.2) is 12.7 Å². The molecule has 0 aliphatic rings. The van der Waals surface area contributed by atoms with Gasteiger partial charge in [-0.1, -0.05) is 36.9 Å². The lowest BCUT2D eigenvalue weighted by Gasteiger charge is -2.03. The van der Waals surface area contributed by atoms with Gasteiger partial charge in [-0.2, -0.15) is 4.57 Å². The zero-order chi connectivity index (χ0) is 11.7. The number of benzene rings is 2. The highest BCUT2D eigenvalue weighted by molar-refractivity contribution is 6.03. The fraction of sp³-hybridized carbons (Fsp3) is 0.0625. The van der Waals surface area contributed by atoms with Crippen LogP contribution in [0.4, 0.5) is 0 Å². The second-order valence-corrected chi connectivity index (χ2v) is 4.17. The molecule has 0 saturated heterocycles. The van der Waals surface area contributed by atoms with Gasteiger partial charge in [0.05, 0.1) is 5.39 Å². The first-order chi connectivity index (χ1) is 8.40. The minimum Gasteiger partial charge on any atom is -0.194 e. The monoisotopic (exact) mass is 220 g/mol. The Hall–Kier alpha value is -2.15. The van der Waals surface area contributed by atoms with Crippen LogP contribution >= 0.6 is 0 Å². The van der Waals surface area contributed by atoms with E-state index in [1.54, 1.807) is 0 Å². The number of hydrogen-bond donors (Lipinski definition) is 0. The third-order valence-corrected chi connectivity index (χ3v) is 3.09. The molecule has 0 fully saturated rings. The highest BCUT2D eigenvalue weighted by Crippen LogP contribution is 2.21. The molecular formula is C16H14N+. The molecule has 0 atom stereocenters. The van der Waals surface area contributed by atoms with E-state index in [4.69, 9.17) is 0 Å². The third-order valence-electron chi connectivity index (χ3n) is 3.09. The Morgan fingerprint density at radius 2 is 1.65 bits per heavy atom. The van der Waals surface area contributed by atoms with Crippen LogP contribution in [0.25, 0.3) is 21.7 Å². The van der Waals surface area contributed by atoms with Crippen molar-refractivity contribution in [2.75, 3.05) is 0 Å². The van der Waals surface area contributed by atoms with Crippen molar-refractivity contribution in [2.45, 2.75) is 6.54 Å². The minimum atomic E-state index is 0.839. The average molecular weight is 220 g/mol. The molecule has 3 aromatic rings. The molecule has 0 aliphatic heterocycles. The molecule has 0 N–H and O–H groups in total. The molecule has 1 aromatic heterocycles. The van der Waals surface area contributed by atoms with Crippen molar-refractivity contribution in [3.63, 3.8) is 0 Å². The Balaban J connectivity index is 2.49. The predicted octanol–water partition coefficient (Wildman–Crippen LogP) is 3.47. The molecule has 17 heavy (non-hydrogen) atoms. The fourth-order valence-corrected chi connectivity index (χ4v) is 2.33. The van der Waals surface area contributed by atoms with Gasteiger partial charge in [-0.25, -0.2) is 0 Å². The van der Waals surface area contributed by atoms with Gasteiger partial charge >= 0.3 is 0 Å². The number of para-hydroxylation sites is 1. The summed E-state index contributed by atoms with van der Waals surface area (Å²) in [7, 11) is 0. The lowest BCUT2D eigenvalue weighted by Crippen LogP contribution is -2.33. The van der Waals surface area contributed by atoms with Gasteiger partial charge in [-0.3, -0.25) is 0 Å². The maximum absolute atomic E-state index is 3.82. The van der Waals surface area contributed by atoms with E-state index in [1.807, 2.05) is 6.08 Å². The Bertz CT molecular complexity index is 698. The summed E-state index contributed by atoms with van der Waals surface area (Å²) in [6, 6.07) is 17.0. The molecule has 0 amide bonds. The number of aromatic nitrogens is 1. The summed E-state index contributed by atoms with van der Waals surface area (Å²) in [4.78, 5) is 0. The van der Waals surface area contributed by atoms with Crippen molar-refractivity contribution >= 4 is 21.7 Å². The number of fused-ring (bicyclic) bond motifs is 3. The minimum absolute atomic E-state index is 0.839. The normalized spacial score (nSPS) is 10.8. The Morgan fingerprint density at radius 1 is 0.941 bits per heavy atom. The highest BCUT2D eigenvalue weighted by atomic mass is 14.9. The number of rotatable bonds is 2. The fourth-order valence-electron chi connectivity index (χ4n) is 2.33. The van der Waals surface area contributed by atoms with Crippen molar-refractivity contribution in [1.29, 1.82) is 0 Å². The maximum atomic E-state index is 3.82. The molecule has 0 unspecified atom stereocenters. The molecule has 82 valence electrons. The summed E-state index contributed by atoms with van der Waals surface area (Å²) in [5.74, 6) is 0. The van der Waals surface area contributed by atoms with Crippen LogP contribution in [0.15, 0.2) is 67.4 Å². The quantitative estimate of drug-likeness (QED) is 0.354. The number of hydrogen-bond acceptors (Lipinski definition) is 0. The van der Waals surface area contributed by atoms with Crippen molar-refractivity contribution in [2.24, 2.45) is 0 Å². The van der Waals surface area contributed by atoms with Crippen molar-refractivity contribution in [1.82, 2.24) is 0 Å². The second kappa shape index (κ2) is 4.02. The van der Waals surface area contributed by atoms with Gasteiger partial charge in [0.2, 0.25) is 5.52 Å². The van der Waals surface area contributed by atoms with E-state index in [0.29, 0.717) is 0 Å². The van der Waals surface area contributed by atoms with Crippen molar-refractivity contribution in [3.8, 4) is 0 Å². The zero-order valence-corrected chi connectivity index (χ0v) is 9.63. The van der Waals surface area contributed by atoms with E-state index in [2.05, 4.69) is 65.9 Å². The molecule has 0 aliphatic carbocycles. The van der Waals surface area contributed by atoms with Crippen LogP contribution < -0.4 is 4.57 Å². The molecule has 0 radical (unpaired) electrons. The van der Waals surface area contributed by atoms with Gasteiger partial charge in [0.1, 0.15) is 0 Å². The van der Waals surface area contributed by atoms with Gasteiger partial charge in [0, 0.05) is 16.8 Å². The van der Waals surface area contributed by atoms with Crippen LogP contribution in [0.1, 0.15) is 0 Å². The molecular weight excluding hydrogens is 206 g/mol. The Labute approximate surface area is 101 Å². The summed E-state index contributed by atoms with van der Waals surface area (Å²) in [6.07, 6.45) is 4.13. The predicted molar refractivity (Wildman–Crippen MR) is 71.8 cm³/mol. The molecule has 0 saturated carbocycles. The van der Waals surface area contributed by atoms with E-state index < -0.39 is 0 Å². The lowest BCUT2D eigenvalue weighted by molar-refractivity contribution is -0.659. The summed E-state index contributed by atoms with van der Waals surface area (Å²) in [6.45, 7) is 4.66. The SMILES string of the molecule is C=CC[n+]1cc2ccccc2c2ccccc21. The first-order valence-electron chi connectivity index (χ1n) is 5.81. The topological polar surface area (TPSA) is 3.88 Å². The Morgan fingerprint density at radius 3 is 2.47 bits per heavy atom. The first kappa shape index (κ1) is 10.0. The zero-order valence-electron chi connectivity index (χ0n) is 9.63. The van der Waals surface area contributed by atoms with Gasteiger partial charge < -0.3 is 0 Å². The number of pyridine rings is 1. The number of allylic oxidation sites excluding steroid dienone is 1. The van der Waals surface area contributed by atoms with E-state index in [0.717, 1.165) is 6.54 Å². The summed E-state index contributed by atoms with van der Waals surface area (Å²) < 4.78 is 2.24. The third kappa shape index (κ3) is 1.60. The largest absolute Gasteiger partial charge is 0.213 e. The van der Waals surface area contributed by atoms with Gasteiger partial charge in [-0.05, 0) is 18.2 Å². The van der Waals surface area contributed by atoms with Crippen LogP contribution in [0.3, 0.4) is 0 Å². The van der Waals surface area contributed by atoms with Gasteiger partial charge in [0.25, 0.3) is 0 Å². The van der Waals surface area contributed by atoms with Crippen LogP contribution in [0, 0.1) is 0 Å². The van der Waals surface area contributed by atoms with E-state index in [-0.39, 0.29) is 0 Å². The average Bonchev–Trinajstić information content (AvgIpc) is 2.39. The molecule has 0 spiro atoms. The standard InChI is InChI=1S/C16H14N/c1-2-11-17-12-13-7-3-4-8-14(13)15-9-5-6-10-16(15)17/h2-10,12H,1,11H2/q+1. The smallest absolute Gasteiger partial charge is 0.194 e. The molecule has 1 heteroatoms. The molecule has 1 heterocycles.